The van der Waals surface area contributed by atoms with Crippen LogP contribution in [0.2, 0.25) is 0 Å². The Hall–Kier alpha value is -4.15. The van der Waals surface area contributed by atoms with Crippen LogP contribution < -0.4 is 21.3 Å². The molecule has 0 saturated carbocycles. The molecule has 3 rings (SSSR count). The molecule has 39 heavy (non-hydrogen) atoms. The number of amides is 4. The maximum Gasteiger partial charge on any atom is 0.294 e. The number of nitrogens with zero attached hydrogens (tertiary/aromatic N) is 2. The molecule has 1 aromatic carbocycles. The van der Waals surface area contributed by atoms with E-state index in [1.807, 2.05) is 19.9 Å². The maximum absolute atomic E-state index is 13.4. The van der Waals surface area contributed by atoms with E-state index in [4.69, 9.17) is 0 Å². The van der Waals surface area contributed by atoms with Gasteiger partial charge in [0, 0.05) is 12.1 Å². The Balaban J connectivity index is 1.85. The smallest absolute Gasteiger partial charge is 0.294 e. The molecule has 2 atom stereocenters. The number of Topliss-reactive ketones (excluding diaryl/α,β-unsaturated/α-hetero) is 1. The normalized spacial score (nSPS) is 16.8. The number of piperidine rings is 1. The zero-order chi connectivity index (χ0) is 28.7. The number of fused-ring (bicyclic) bond motifs is 1. The van der Waals surface area contributed by atoms with Crippen LogP contribution in [-0.2, 0) is 19.2 Å². The minimum Gasteiger partial charge on any atom is -0.356 e. The molecule has 0 bridgehead atoms. The molecular formula is C28H36N6O5. The Bertz CT molecular complexity index is 1300. The van der Waals surface area contributed by atoms with Crippen molar-refractivity contribution in [3.63, 3.8) is 0 Å². The quantitative estimate of drug-likeness (QED) is 0.281. The number of hydrogen-bond donors (Lipinski definition) is 4. The van der Waals surface area contributed by atoms with Crippen molar-refractivity contribution < 1.29 is 24.0 Å². The van der Waals surface area contributed by atoms with E-state index in [-0.39, 0.29) is 29.6 Å². The Labute approximate surface area is 227 Å². The number of hydrogen-bond acceptors (Lipinski definition) is 7. The molecule has 1 saturated heterocycles. The lowest BCUT2D eigenvalue weighted by atomic mass is 9.96. The standard InChI is InChI=1S/C28H36N6O5/c1-16(2)13-21(33-26(38)22-15-30-18-10-6-7-11-19(18)31-22)25(37)32-20(14-17-9-8-12-29-24(17)36)23(35)27(39)34-28(3,4)5/h6-7,10-11,14-17,21H,8-9,12-13H2,1-5H3,(H,29,36)(H,32,37)(H,33,38)(H,34,39)/b20-14+/t17-,21-/m0/s1. The molecule has 1 aromatic heterocycles. The Morgan fingerprint density at radius 1 is 1.13 bits per heavy atom. The van der Waals surface area contributed by atoms with Gasteiger partial charge in [0.1, 0.15) is 11.7 Å². The van der Waals surface area contributed by atoms with E-state index in [0.29, 0.717) is 30.4 Å². The van der Waals surface area contributed by atoms with E-state index < -0.39 is 41.0 Å². The number of benzene rings is 1. The summed E-state index contributed by atoms with van der Waals surface area (Å²) < 4.78 is 0. The number of para-hydroxylation sites is 2. The SMILES string of the molecule is CC(C)C[C@H](NC(=O)c1cnc2ccccc2n1)C(=O)N/C(=C/[C@@H]1CCCNC1=O)C(=O)C(=O)NC(C)(C)C. The van der Waals surface area contributed by atoms with Gasteiger partial charge in [-0.3, -0.25) is 29.0 Å². The lowest BCUT2D eigenvalue weighted by Gasteiger charge is -2.24. The molecule has 4 amide bonds. The third kappa shape index (κ3) is 8.42. The lowest BCUT2D eigenvalue weighted by Crippen LogP contribution is -2.50. The van der Waals surface area contributed by atoms with Gasteiger partial charge in [-0.1, -0.05) is 26.0 Å². The van der Waals surface area contributed by atoms with Crippen LogP contribution in [0, 0.1) is 11.8 Å². The highest BCUT2D eigenvalue weighted by molar-refractivity contribution is 6.43. The first-order chi connectivity index (χ1) is 18.3. The summed E-state index contributed by atoms with van der Waals surface area (Å²) >= 11 is 0. The molecule has 2 heterocycles. The molecule has 0 aliphatic carbocycles. The summed E-state index contributed by atoms with van der Waals surface area (Å²) in [6.45, 7) is 9.44. The molecule has 1 fully saturated rings. The second kappa shape index (κ2) is 12.6. The van der Waals surface area contributed by atoms with E-state index in [2.05, 4.69) is 31.2 Å². The number of carbonyl (C=O) groups excluding carboxylic acids is 5. The second-order valence-corrected chi connectivity index (χ2v) is 11.0. The van der Waals surface area contributed by atoms with Crippen molar-refractivity contribution in [3.8, 4) is 0 Å². The summed E-state index contributed by atoms with van der Waals surface area (Å²) in [5.41, 5.74) is 0.183. The van der Waals surface area contributed by atoms with Crippen LogP contribution >= 0.6 is 0 Å². The molecule has 1 aliphatic rings. The number of aromatic nitrogens is 2. The first kappa shape index (κ1) is 29.4. The average molecular weight is 537 g/mol. The van der Waals surface area contributed by atoms with Gasteiger partial charge in [-0.2, -0.15) is 0 Å². The monoisotopic (exact) mass is 536 g/mol. The van der Waals surface area contributed by atoms with E-state index in [0.717, 1.165) is 0 Å². The van der Waals surface area contributed by atoms with Crippen molar-refractivity contribution in [2.45, 2.75) is 65.5 Å². The highest BCUT2D eigenvalue weighted by atomic mass is 16.2. The van der Waals surface area contributed by atoms with Gasteiger partial charge >= 0.3 is 0 Å². The summed E-state index contributed by atoms with van der Waals surface area (Å²) in [6, 6.07) is 6.04. The Morgan fingerprint density at radius 3 is 2.46 bits per heavy atom. The summed E-state index contributed by atoms with van der Waals surface area (Å²) in [5.74, 6) is -4.17. The molecule has 0 unspecified atom stereocenters. The van der Waals surface area contributed by atoms with Crippen molar-refractivity contribution >= 4 is 40.4 Å². The summed E-state index contributed by atoms with van der Waals surface area (Å²) in [4.78, 5) is 73.2. The highest BCUT2D eigenvalue weighted by Crippen LogP contribution is 2.16. The van der Waals surface area contributed by atoms with Crippen LogP contribution in [-0.4, -0.2) is 57.5 Å². The van der Waals surface area contributed by atoms with Gasteiger partial charge in [0.25, 0.3) is 17.6 Å². The number of carbonyl (C=O) groups is 5. The fourth-order valence-electron chi connectivity index (χ4n) is 4.07. The number of ketones is 1. The molecular weight excluding hydrogens is 500 g/mol. The molecule has 208 valence electrons. The highest BCUT2D eigenvalue weighted by Gasteiger charge is 2.31. The fraction of sp³-hybridized carbons (Fsp3) is 0.464. The number of nitrogens with one attached hydrogen (secondary N) is 4. The molecule has 2 aromatic rings. The first-order valence-electron chi connectivity index (χ1n) is 13.0. The number of rotatable bonds is 9. The largest absolute Gasteiger partial charge is 0.356 e. The predicted molar refractivity (Wildman–Crippen MR) is 145 cm³/mol. The predicted octanol–water partition coefficient (Wildman–Crippen LogP) is 1.78. The third-order valence-corrected chi connectivity index (χ3v) is 5.90. The van der Waals surface area contributed by atoms with Crippen LogP contribution in [0.15, 0.2) is 42.2 Å². The molecule has 0 radical (unpaired) electrons. The van der Waals surface area contributed by atoms with Gasteiger partial charge in [-0.05, 0) is 64.2 Å². The molecule has 11 nitrogen and oxygen atoms in total. The van der Waals surface area contributed by atoms with Crippen LogP contribution in [0.25, 0.3) is 11.0 Å². The zero-order valence-corrected chi connectivity index (χ0v) is 23.0. The maximum atomic E-state index is 13.4. The Morgan fingerprint density at radius 2 is 1.82 bits per heavy atom. The van der Waals surface area contributed by atoms with E-state index in [1.165, 1.54) is 12.3 Å². The van der Waals surface area contributed by atoms with Crippen molar-refractivity contribution in [3.05, 3.63) is 47.9 Å². The summed E-state index contributed by atoms with van der Waals surface area (Å²) in [6.07, 6.45) is 4.05. The molecule has 1 aliphatic heterocycles. The van der Waals surface area contributed by atoms with E-state index >= 15 is 0 Å². The molecule has 4 N–H and O–H groups in total. The molecule has 11 heteroatoms. The van der Waals surface area contributed by atoms with Crippen LogP contribution in [0.5, 0.6) is 0 Å². The van der Waals surface area contributed by atoms with Crippen LogP contribution in [0.3, 0.4) is 0 Å². The molecule has 0 spiro atoms. The van der Waals surface area contributed by atoms with Crippen LogP contribution in [0.1, 0.15) is 64.4 Å². The lowest BCUT2D eigenvalue weighted by molar-refractivity contribution is -0.137. The van der Waals surface area contributed by atoms with Gasteiger partial charge in [0.15, 0.2) is 0 Å². The fourth-order valence-corrected chi connectivity index (χ4v) is 4.07. The van der Waals surface area contributed by atoms with Crippen molar-refractivity contribution in [1.82, 2.24) is 31.2 Å². The van der Waals surface area contributed by atoms with Gasteiger partial charge in [-0.15, -0.1) is 0 Å². The summed E-state index contributed by atoms with van der Waals surface area (Å²) in [5, 5.41) is 10.5. The Kier molecular flexibility index (Phi) is 9.50. The minimum atomic E-state index is -1.05. The van der Waals surface area contributed by atoms with Gasteiger partial charge < -0.3 is 21.3 Å². The second-order valence-electron chi connectivity index (χ2n) is 11.0. The third-order valence-electron chi connectivity index (χ3n) is 5.90. The minimum absolute atomic E-state index is 0.000167. The topological polar surface area (TPSA) is 159 Å². The van der Waals surface area contributed by atoms with E-state index in [9.17, 15) is 24.0 Å². The van der Waals surface area contributed by atoms with Gasteiger partial charge in [0.2, 0.25) is 11.8 Å². The van der Waals surface area contributed by atoms with Crippen LogP contribution in [0.4, 0.5) is 0 Å². The van der Waals surface area contributed by atoms with Crippen molar-refractivity contribution in [1.29, 1.82) is 0 Å². The van der Waals surface area contributed by atoms with Gasteiger partial charge in [0.05, 0.1) is 28.8 Å². The first-order valence-corrected chi connectivity index (χ1v) is 13.0. The van der Waals surface area contributed by atoms with E-state index in [1.54, 1.807) is 39.0 Å². The zero-order valence-electron chi connectivity index (χ0n) is 23.0. The van der Waals surface area contributed by atoms with Crippen molar-refractivity contribution in [2.24, 2.45) is 11.8 Å². The van der Waals surface area contributed by atoms with Crippen molar-refractivity contribution in [2.75, 3.05) is 6.54 Å². The summed E-state index contributed by atoms with van der Waals surface area (Å²) in [7, 11) is 0. The van der Waals surface area contributed by atoms with Gasteiger partial charge in [-0.25, -0.2) is 4.98 Å². The average Bonchev–Trinajstić information content (AvgIpc) is 2.87.